The number of fused-ring (bicyclic) bond motifs is 2. The zero-order chi connectivity index (χ0) is 12.9. The largest absolute Gasteiger partial charge is 0.481 e. The summed E-state index contributed by atoms with van der Waals surface area (Å²) < 4.78 is 4.53. The molecule has 1 aromatic carbocycles. The van der Waals surface area contributed by atoms with Crippen LogP contribution in [0.2, 0.25) is 0 Å². The van der Waals surface area contributed by atoms with Gasteiger partial charge in [0.05, 0.1) is 17.0 Å². The fraction of sp³-hybridized carbons (Fsp3) is 0.308. The number of carbonyl (C=O) groups excluding carboxylic acids is 2. The Morgan fingerprint density at radius 1 is 1.17 bits per heavy atom. The molecule has 0 radical (unpaired) electrons. The maximum atomic E-state index is 11.4. The van der Waals surface area contributed by atoms with Crippen LogP contribution in [-0.2, 0) is 22.4 Å². The normalized spacial score (nSPS) is 21.2. The molecule has 1 heterocycles. The fourth-order valence-corrected chi connectivity index (χ4v) is 2.55. The molecule has 1 aromatic rings. The van der Waals surface area contributed by atoms with Gasteiger partial charge in [-0.2, -0.15) is 0 Å². The van der Waals surface area contributed by atoms with Crippen LogP contribution in [0.3, 0.4) is 0 Å². The van der Waals surface area contributed by atoms with Crippen LogP contribution in [0, 0.1) is 5.92 Å². The van der Waals surface area contributed by atoms with Crippen molar-refractivity contribution in [2.75, 3.05) is 0 Å². The average Bonchev–Trinajstić information content (AvgIpc) is 2.61. The van der Waals surface area contributed by atoms with E-state index in [0.717, 1.165) is 11.1 Å². The zero-order valence-electron chi connectivity index (χ0n) is 9.43. The molecule has 92 valence electrons. The number of benzene rings is 1. The average molecular weight is 246 g/mol. The molecule has 0 aromatic heterocycles. The highest BCUT2D eigenvalue weighted by molar-refractivity contribution is 6.14. The van der Waals surface area contributed by atoms with Crippen molar-refractivity contribution in [1.82, 2.24) is 0 Å². The van der Waals surface area contributed by atoms with Gasteiger partial charge >= 0.3 is 17.9 Å². The molecule has 0 saturated heterocycles. The molecule has 5 nitrogen and oxygen atoms in total. The molecule has 1 N–H and O–H groups in total. The molecule has 5 heteroatoms. The number of carbonyl (C=O) groups is 3. The third-order valence-corrected chi connectivity index (χ3v) is 3.54. The minimum Gasteiger partial charge on any atom is -0.481 e. The number of carboxylic acids is 1. The minimum atomic E-state index is -0.820. The molecule has 0 spiro atoms. The van der Waals surface area contributed by atoms with Crippen molar-refractivity contribution >= 4 is 17.9 Å². The number of esters is 2. The molecule has 0 bridgehead atoms. The van der Waals surface area contributed by atoms with E-state index in [1.54, 1.807) is 12.1 Å². The van der Waals surface area contributed by atoms with Gasteiger partial charge < -0.3 is 9.84 Å². The Kier molecular flexibility index (Phi) is 2.23. The number of rotatable bonds is 1. The second-order valence-corrected chi connectivity index (χ2v) is 4.62. The summed E-state index contributed by atoms with van der Waals surface area (Å²) in [6.07, 6.45) is 1.57. The summed E-state index contributed by atoms with van der Waals surface area (Å²) in [4.78, 5) is 33.8. The zero-order valence-corrected chi connectivity index (χ0v) is 9.43. The van der Waals surface area contributed by atoms with Gasteiger partial charge in [-0.05, 0) is 42.5 Å². The molecular weight excluding hydrogens is 236 g/mol. The van der Waals surface area contributed by atoms with Crippen molar-refractivity contribution < 1.29 is 24.2 Å². The van der Waals surface area contributed by atoms with Crippen molar-refractivity contribution in [1.29, 1.82) is 0 Å². The number of ether oxygens (including phenoxy) is 1. The third kappa shape index (κ3) is 1.51. The summed E-state index contributed by atoms with van der Waals surface area (Å²) in [5.41, 5.74) is 2.33. The highest BCUT2D eigenvalue weighted by atomic mass is 16.6. The lowest BCUT2D eigenvalue weighted by molar-refractivity contribution is -0.142. The maximum absolute atomic E-state index is 11.4. The molecule has 2 aliphatic rings. The second-order valence-electron chi connectivity index (χ2n) is 4.62. The van der Waals surface area contributed by atoms with Gasteiger partial charge in [-0.3, -0.25) is 4.79 Å². The van der Waals surface area contributed by atoms with Crippen LogP contribution in [0.1, 0.15) is 38.3 Å². The van der Waals surface area contributed by atoms with E-state index < -0.39 is 23.8 Å². The highest BCUT2D eigenvalue weighted by Gasteiger charge is 2.33. The number of hydrogen-bond acceptors (Lipinski definition) is 4. The van der Waals surface area contributed by atoms with Gasteiger partial charge in [0, 0.05) is 0 Å². The van der Waals surface area contributed by atoms with Crippen LogP contribution in [0.4, 0.5) is 0 Å². The van der Waals surface area contributed by atoms with Crippen LogP contribution in [0.5, 0.6) is 0 Å². The topological polar surface area (TPSA) is 80.7 Å². The summed E-state index contributed by atoms with van der Waals surface area (Å²) in [6.45, 7) is 0. The highest BCUT2D eigenvalue weighted by Crippen LogP contribution is 2.31. The first kappa shape index (κ1) is 11.0. The van der Waals surface area contributed by atoms with E-state index in [0.29, 0.717) is 24.8 Å². The summed E-state index contributed by atoms with van der Waals surface area (Å²) in [5, 5.41) is 9.01. The monoisotopic (exact) mass is 246 g/mol. The lowest BCUT2D eigenvalue weighted by Gasteiger charge is -2.21. The first-order valence-corrected chi connectivity index (χ1v) is 5.71. The second kappa shape index (κ2) is 3.66. The van der Waals surface area contributed by atoms with Crippen LogP contribution < -0.4 is 0 Å². The van der Waals surface area contributed by atoms with Gasteiger partial charge in [-0.25, -0.2) is 9.59 Å². The number of carboxylic acid groups (broad SMARTS) is 1. The van der Waals surface area contributed by atoms with Gasteiger partial charge in [0.2, 0.25) is 0 Å². The van der Waals surface area contributed by atoms with Crippen molar-refractivity contribution in [3.63, 3.8) is 0 Å². The minimum absolute atomic E-state index is 0.254. The number of aryl methyl sites for hydroxylation is 1. The summed E-state index contributed by atoms with van der Waals surface area (Å²) in [6, 6.07) is 3.27. The quantitative estimate of drug-likeness (QED) is 0.594. The first-order chi connectivity index (χ1) is 8.56. The third-order valence-electron chi connectivity index (χ3n) is 3.54. The van der Waals surface area contributed by atoms with E-state index in [-0.39, 0.29) is 5.56 Å². The first-order valence-electron chi connectivity index (χ1n) is 5.71. The van der Waals surface area contributed by atoms with Gasteiger partial charge in [-0.15, -0.1) is 0 Å². The lowest BCUT2D eigenvalue weighted by atomic mass is 9.82. The van der Waals surface area contributed by atoms with Crippen molar-refractivity contribution in [3.8, 4) is 0 Å². The van der Waals surface area contributed by atoms with Crippen LogP contribution in [0.15, 0.2) is 12.1 Å². The SMILES string of the molecule is O=C1OC(=O)c2cc3c(cc21)CCC(C(=O)O)C3. The Labute approximate surface area is 102 Å². The van der Waals surface area contributed by atoms with E-state index in [1.165, 1.54) is 0 Å². The fourth-order valence-electron chi connectivity index (χ4n) is 2.55. The molecule has 1 aliphatic carbocycles. The Morgan fingerprint density at radius 2 is 1.78 bits per heavy atom. The predicted molar refractivity (Wildman–Crippen MR) is 59.3 cm³/mol. The van der Waals surface area contributed by atoms with E-state index in [2.05, 4.69) is 4.74 Å². The molecule has 1 unspecified atom stereocenters. The number of cyclic esters (lactones) is 2. The van der Waals surface area contributed by atoms with Crippen LogP contribution in [0.25, 0.3) is 0 Å². The molecule has 0 saturated carbocycles. The van der Waals surface area contributed by atoms with Gasteiger partial charge in [0.25, 0.3) is 0 Å². The Bertz CT molecular complexity index is 587. The smallest absolute Gasteiger partial charge is 0.346 e. The summed E-state index contributed by atoms with van der Waals surface area (Å²) >= 11 is 0. The van der Waals surface area contributed by atoms with E-state index in [4.69, 9.17) is 5.11 Å². The maximum Gasteiger partial charge on any atom is 0.346 e. The summed E-state index contributed by atoms with van der Waals surface area (Å²) in [7, 11) is 0. The lowest BCUT2D eigenvalue weighted by Crippen LogP contribution is -2.22. The Morgan fingerprint density at radius 3 is 2.39 bits per heavy atom. The molecule has 0 amide bonds. The van der Waals surface area contributed by atoms with Crippen LogP contribution in [-0.4, -0.2) is 23.0 Å². The van der Waals surface area contributed by atoms with Crippen molar-refractivity contribution in [3.05, 3.63) is 34.4 Å². The molecule has 0 fully saturated rings. The molecule has 18 heavy (non-hydrogen) atoms. The predicted octanol–water partition coefficient (Wildman–Crippen LogP) is 1.19. The van der Waals surface area contributed by atoms with Gasteiger partial charge in [0.15, 0.2) is 0 Å². The molecule has 1 atom stereocenters. The number of hydrogen-bond donors (Lipinski definition) is 1. The Hall–Kier alpha value is -2.17. The summed E-state index contributed by atoms with van der Waals surface area (Å²) in [5.74, 6) is -2.49. The molecule has 3 rings (SSSR count). The molecule has 1 aliphatic heterocycles. The van der Waals surface area contributed by atoms with Crippen molar-refractivity contribution in [2.45, 2.75) is 19.3 Å². The van der Waals surface area contributed by atoms with E-state index in [9.17, 15) is 14.4 Å². The Balaban J connectivity index is 2.05. The van der Waals surface area contributed by atoms with E-state index in [1.807, 2.05) is 0 Å². The number of aliphatic carboxylic acids is 1. The van der Waals surface area contributed by atoms with Crippen LogP contribution >= 0.6 is 0 Å². The van der Waals surface area contributed by atoms with E-state index >= 15 is 0 Å². The standard InChI is InChI=1S/C13H10O5/c14-11(15)7-2-1-6-4-9-10(5-8(6)3-7)13(17)18-12(9)16/h4-5,7H,1-3H2,(H,14,15). The van der Waals surface area contributed by atoms with Gasteiger partial charge in [-0.1, -0.05) is 0 Å². The molecular formula is C13H10O5. The van der Waals surface area contributed by atoms with Gasteiger partial charge in [0.1, 0.15) is 0 Å². The van der Waals surface area contributed by atoms with Crippen molar-refractivity contribution in [2.24, 2.45) is 5.92 Å².